The summed E-state index contributed by atoms with van der Waals surface area (Å²) in [5, 5.41) is 0. The van der Waals surface area contributed by atoms with Crippen LogP contribution in [0, 0.1) is 11.8 Å². The van der Waals surface area contributed by atoms with Gasteiger partial charge >= 0.3 is 0 Å². The molecule has 2 unspecified atom stereocenters. The number of hydrogen-bond donors (Lipinski definition) is 1. The van der Waals surface area contributed by atoms with Gasteiger partial charge in [-0.05, 0) is 32.2 Å². The lowest BCUT2D eigenvalue weighted by atomic mass is 9.76. The minimum Gasteiger partial charge on any atom is -0.330 e. The van der Waals surface area contributed by atoms with Gasteiger partial charge in [-0.15, -0.1) is 0 Å². The first kappa shape index (κ1) is 11.4. The molecule has 2 N–H and O–H groups in total. The van der Waals surface area contributed by atoms with Crippen molar-refractivity contribution in [2.24, 2.45) is 17.6 Å². The molecule has 0 spiro atoms. The van der Waals surface area contributed by atoms with Crippen molar-refractivity contribution in [1.82, 2.24) is 0 Å². The highest BCUT2D eigenvalue weighted by Crippen LogP contribution is 2.31. The second kappa shape index (κ2) is 5.30. The normalized spacial score (nSPS) is 27.3. The molecule has 80 valence electrons. The number of hydrogen-bond acceptors (Lipinski definition) is 2. The van der Waals surface area contributed by atoms with E-state index in [1.165, 1.54) is 12.8 Å². The Labute approximate surface area is 86.6 Å². The van der Waals surface area contributed by atoms with Gasteiger partial charge in [-0.25, -0.2) is 0 Å². The van der Waals surface area contributed by atoms with Crippen molar-refractivity contribution in [2.75, 3.05) is 6.54 Å². The highest BCUT2D eigenvalue weighted by atomic mass is 16.1. The summed E-state index contributed by atoms with van der Waals surface area (Å²) < 4.78 is 0. The van der Waals surface area contributed by atoms with Crippen molar-refractivity contribution >= 4 is 5.78 Å². The van der Waals surface area contributed by atoms with Gasteiger partial charge in [0.05, 0.1) is 0 Å². The van der Waals surface area contributed by atoms with Crippen LogP contribution in [0.2, 0.25) is 0 Å². The first-order chi connectivity index (χ1) is 6.65. The quantitative estimate of drug-likeness (QED) is 0.699. The van der Waals surface area contributed by atoms with Crippen LogP contribution >= 0.6 is 0 Å². The Morgan fingerprint density at radius 1 is 1.43 bits per heavy atom. The molecule has 0 aromatic rings. The van der Waals surface area contributed by atoms with Crippen molar-refractivity contribution in [1.29, 1.82) is 0 Å². The molecule has 2 atom stereocenters. The van der Waals surface area contributed by atoms with Gasteiger partial charge in [0, 0.05) is 12.3 Å². The summed E-state index contributed by atoms with van der Waals surface area (Å²) >= 11 is 0. The molecular weight excluding hydrogens is 174 g/mol. The predicted molar refractivity (Wildman–Crippen MR) is 58.9 cm³/mol. The molecule has 0 aromatic carbocycles. The smallest absolute Gasteiger partial charge is 0.140 e. The molecule has 14 heavy (non-hydrogen) atoms. The Morgan fingerprint density at radius 2 is 2.07 bits per heavy atom. The number of Topliss-reactive ketones (excluding diaryl/α,β-unsaturated/α-hetero) is 1. The van der Waals surface area contributed by atoms with Crippen molar-refractivity contribution in [3.63, 3.8) is 0 Å². The Morgan fingerprint density at radius 3 is 2.64 bits per heavy atom. The highest BCUT2D eigenvalue weighted by molar-refractivity contribution is 5.83. The Balaban J connectivity index is 2.54. The van der Waals surface area contributed by atoms with Crippen LogP contribution in [0.1, 0.15) is 39.0 Å². The predicted octanol–water partition coefficient (Wildman–Crippen LogP) is 2.29. The molecule has 2 nitrogen and oxygen atoms in total. The molecule has 0 amide bonds. The maximum Gasteiger partial charge on any atom is 0.140 e. The van der Waals surface area contributed by atoms with Crippen LogP contribution in [0.25, 0.3) is 0 Å². The summed E-state index contributed by atoms with van der Waals surface area (Å²) in [6.07, 6.45) is 5.13. The molecule has 0 aliphatic heterocycles. The van der Waals surface area contributed by atoms with E-state index < -0.39 is 0 Å². The molecule has 0 saturated heterocycles. The van der Waals surface area contributed by atoms with Crippen LogP contribution in [0.3, 0.4) is 0 Å². The van der Waals surface area contributed by atoms with E-state index in [0.29, 0.717) is 24.7 Å². The largest absolute Gasteiger partial charge is 0.330 e. The van der Waals surface area contributed by atoms with Gasteiger partial charge in [-0.1, -0.05) is 25.0 Å². The number of allylic oxidation sites excluding steroid dienone is 1. The van der Waals surface area contributed by atoms with E-state index in [1.54, 1.807) is 0 Å². The summed E-state index contributed by atoms with van der Waals surface area (Å²) in [7, 11) is 0. The zero-order valence-corrected chi connectivity index (χ0v) is 9.09. The average Bonchev–Trinajstić information content (AvgIpc) is 2.16. The lowest BCUT2D eigenvalue weighted by molar-refractivity contribution is -0.124. The summed E-state index contributed by atoms with van der Waals surface area (Å²) in [6.45, 7) is 6.36. The van der Waals surface area contributed by atoms with E-state index >= 15 is 0 Å². The molecule has 0 aromatic heterocycles. The first-order valence-electron chi connectivity index (χ1n) is 5.52. The second-order valence-corrected chi connectivity index (χ2v) is 4.49. The van der Waals surface area contributed by atoms with E-state index in [1.807, 2.05) is 6.92 Å². The van der Waals surface area contributed by atoms with Gasteiger partial charge in [0.15, 0.2) is 0 Å². The Bertz CT molecular complexity index is 222. The van der Waals surface area contributed by atoms with Crippen LogP contribution in [-0.2, 0) is 4.79 Å². The van der Waals surface area contributed by atoms with Crippen LogP contribution in [0.4, 0.5) is 0 Å². The second-order valence-electron chi connectivity index (χ2n) is 4.49. The summed E-state index contributed by atoms with van der Waals surface area (Å²) in [5.74, 6) is 0.994. The molecule has 0 bridgehead atoms. The monoisotopic (exact) mass is 195 g/mol. The zero-order valence-electron chi connectivity index (χ0n) is 9.09. The number of ketones is 1. The summed E-state index contributed by atoms with van der Waals surface area (Å²) in [5.41, 5.74) is 6.66. The van der Waals surface area contributed by atoms with Gasteiger partial charge in [-0.3, -0.25) is 4.79 Å². The minimum absolute atomic E-state index is 0.213. The van der Waals surface area contributed by atoms with Crippen molar-refractivity contribution in [2.45, 2.75) is 39.0 Å². The number of carbonyl (C=O) groups is 1. The van der Waals surface area contributed by atoms with Gasteiger partial charge < -0.3 is 5.73 Å². The number of carbonyl (C=O) groups excluding carboxylic acids is 1. The fourth-order valence-corrected chi connectivity index (χ4v) is 2.34. The van der Waals surface area contributed by atoms with Gasteiger partial charge in [0.25, 0.3) is 0 Å². The number of rotatable bonds is 4. The summed E-state index contributed by atoms with van der Waals surface area (Å²) in [4.78, 5) is 11.9. The third-order valence-electron chi connectivity index (χ3n) is 3.10. The molecule has 1 aliphatic carbocycles. The third-order valence-corrected chi connectivity index (χ3v) is 3.10. The van der Waals surface area contributed by atoms with Crippen LogP contribution in [0.5, 0.6) is 0 Å². The van der Waals surface area contributed by atoms with Gasteiger partial charge in [-0.2, -0.15) is 0 Å². The molecule has 0 radical (unpaired) electrons. The topological polar surface area (TPSA) is 43.1 Å². The standard InChI is InChI=1S/C12H21NO/c1-9(2)7-12(14)11-6-4-3-5-10(11)8-13/h10-11H,1,3-8,13H2,2H3. The zero-order chi connectivity index (χ0) is 10.6. The maximum atomic E-state index is 11.9. The molecule has 1 rings (SSSR count). The van der Waals surface area contributed by atoms with E-state index in [2.05, 4.69) is 6.58 Å². The summed E-state index contributed by atoms with van der Waals surface area (Å²) in [6, 6.07) is 0. The van der Waals surface area contributed by atoms with Crippen molar-refractivity contribution in [3.05, 3.63) is 12.2 Å². The molecule has 1 fully saturated rings. The Kier molecular flexibility index (Phi) is 4.33. The first-order valence-corrected chi connectivity index (χ1v) is 5.52. The van der Waals surface area contributed by atoms with E-state index in [9.17, 15) is 4.79 Å². The SMILES string of the molecule is C=C(C)CC(=O)C1CCCCC1CN. The van der Waals surface area contributed by atoms with Crippen LogP contribution in [0.15, 0.2) is 12.2 Å². The number of nitrogens with two attached hydrogens (primary N) is 1. The molecular formula is C12H21NO. The minimum atomic E-state index is 0.213. The molecule has 0 heterocycles. The van der Waals surface area contributed by atoms with Gasteiger partial charge in [0.1, 0.15) is 5.78 Å². The van der Waals surface area contributed by atoms with Crippen LogP contribution in [-0.4, -0.2) is 12.3 Å². The molecule has 1 saturated carbocycles. The fourth-order valence-electron chi connectivity index (χ4n) is 2.34. The lowest BCUT2D eigenvalue weighted by Gasteiger charge is -2.29. The maximum absolute atomic E-state index is 11.9. The lowest BCUT2D eigenvalue weighted by Crippen LogP contribution is -2.32. The fraction of sp³-hybridized carbons (Fsp3) is 0.750. The van der Waals surface area contributed by atoms with E-state index in [0.717, 1.165) is 18.4 Å². The van der Waals surface area contributed by atoms with E-state index in [4.69, 9.17) is 5.73 Å². The van der Waals surface area contributed by atoms with E-state index in [-0.39, 0.29) is 5.92 Å². The molecule has 1 aliphatic rings. The van der Waals surface area contributed by atoms with Crippen LogP contribution < -0.4 is 5.73 Å². The third kappa shape index (κ3) is 2.95. The van der Waals surface area contributed by atoms with Crippen molar-refractivity contribution < 1.29 is 4.79 Å². The van der Waals surface area contributed by atoms with Gasteiger partial charge in [0.2, 0.25) is 0 Å². The average molecular weight is 195 g/mol. The highest BCUT2D eigenvalue weighted by Gasteiger charge is 2.29. The Hall–Kier alpha value is -0.630. The van der Waals surface area contributed by atoms with Crippen molar-refractivity contribution in [3.8, 4) is 0 Å². The molecule has 2 heteroatoms.